The maximum absolute atomic E-state index is 12.7. The number of hydrogen-bond donors (Lipinski definition) is 1. The predicted molar refractivity (Wildman–Crippen MR) is 119 cm³/mol. The molecular weight excluding hydrogens is 450 g/mol. The summed E-state index contributed by atoms with van der Waals surface area (Å²) in [7, 11) is -3.55. The maximum Gasteiger partial charge on any atom is 0.252 e. The standard InChI is InChI=1S/C19H20ClN3O3S3/c1-11-9-14-15(10-12(11)2)27-19(21-14)22-18(24)13-5-7-23(8-6-13)29(25,26)17-4-3-16(20)28-17/h3-4,9-10,13H,5-8H2,1-2H3,(H,21,22,24). The van der Waals surface area contributed by atoms with Gasteiger partial charge in [-0.25, -0.2) is 13.4 Å². The summed E-state index contributed by atoms with van der Waals surface area (Å²) >= 11 is 8.38. The predicted octanol–water partition coefficient (Wildman–Crippen LogP) is 4.67. The van der Waals surface area contributed by atoms with Crippen LogP contribution in [0.5, 0.6) is 0 Å². The fourth-order valence-electron chi connectivity index (χ4n) is 3.36. The van der Waals surface area contributed by atoms with Gasteiger partial charge in [0.2, 0.25) is 5.91 Å². The van der Waals surface area contributed by atoms with Crippen LogP contribution in [0.25, 0.3) is 10.2 Å². The molecule has 0 unspecified atom stereocenters. The van der Waals surface area contributed by atoms with Crippen LogP contribution in [0.1, 0.15) is 24.0 Å². The number of aromatic nitrogens is 1. The van der Waals surface area contributed by atoms with Crippen molar-refractivity contribution >= 4 is 65.6 Å². The number of thiophene rings is 1. The highest BCUT2D eigenvalue weighted by Gasteiger charge is 2.33. The van der Waals surface area contributed by atoms with Crippen LogP contribution in [0.2, 0.25) is 4.34 Å². The highest BCUT2D eigenvalue weighted by atomic mass is 35.5. The summed E-state index contributed by atoms with van der Waals surface area (Å²) in [5.41, 5.74) is 3.24. The number of nitrogens with zero attached hydrogens (tertiary/aromatic N) is 2. The molecule has 6 nitrogen and oxygen atoms in total. The maximum atomic E-state index is 12.7. The molecule has 3 aromatic rings. The number of hydrogen-bond acceptors (Lipinski definition) is 6. The molecular formula is C19H20ClN3O3S3. The molecule has 2 aromatic heterocycles. The van der Waals surface area contributed by atoms with Crippen molar-refractivity contribution in [3.8, 4) is 0 Å². The first-order chi connectivity index (χ1) is 13.7. The molecule has 0 atom stereocenters. The Morgan fingerprint density at radius 2 is 1.86 bits per heavy atom. The van der Waals surface area contributed by atoms with E-state index in [0.717, 1.165) is 21.6 Å². The van der Waals surface area contributed by atoms with Gasteiger partial charge in [-0.2, -0.15) is 4.31 Å². The zero-order valence-corrected chi connectivity index (χ0v) is 19.1. The minimum Gasteiger partial charge on any atom is -0.302 e. The summed E-state index contributed by atoms with van der Waals surface area (Å²) in [5, 5.41) is 3.50. The summed E-state index contributed by atoms with van der Waals surface area (Å²) < 4.78 is 28.5. The average molecular weight is 470 g/mol. The molecule has 0 radical (unpaired) electrons. The summed E-state index contributed by atoms with van der Waals surface area (Å²) in [4.78, 5) is 17.2. The Balaban J connectivity index is 1.40. The number of carbonyl (C=O) groups excluding carboxylic acids is 1. The van der Waals surface area contributed by atoms with Crippen molar-refractivity contribution in [1.82, 2.24) is 9.29 Å². The largest absolute Gasteiger partial charge is 0.302 e. The van der Waals surface area contributed by atoms with Crippen molar-refractivity contribution in [2.45, 2.75) is 30.9 Å². The molecule has 0 bridgehead atoms. The number of carbonyl (C=O) groups is 1. The van der Waals surface area contributed by atoms with E-state index in [4.69, 9.17) is 11.6 Å². The van der Waals surface area contributed by atoms with Crippen molar-refractivity contribution in [3.05, 3.63) is 39.7 Å². The minimum atomic E-state index is -3.55. The number of thiazole rings is 1. The van der Waals surface area contributed by atoms with Gasteiger partial charge in [-0.15, -0.1) is 11.3 Å². The first-order valence-corrected chi connectivity index (χ1v) is 12.6. The topological polar surface area (TPSA) is 79.4 Å². The van der Waals surface area contributed by atoms with Gasteiger partial charge >= 0.3 is 0 Å². The molecule has 10 heteroatoms. The van der Waals surface area contributed by atoms with Gasteiger partial charge in [0.25, 0.3) is 10.0 Å². The van der Waals surface area contributed by atoms with E-state index >= 15 is 0 Å². The molecule has 154 valence electrons. The van der Waals surface area contributed by atoms with Gasteiger partial charge in [-0.1, -0.05) is 22.9 Å². The lowest BCUT2D eigenvalue weighted by molar-refractivity contribution is -0.120. The molecule has 0 aliphatic carbocycles. The van der Waals surface area contributed by atoms with Crippen LogP contribution in [0.15, 0.2) is 28.5 Å². The van der Waals surface area contributed by atoms with E-state index in [-0.39, 0.29) is 16.0 Å². The smallest absolute Gasteiger partial charge is 0.252 e. The van der Waals surface area contributed by atoms with Gasteiger partial charge in [0.05, 0.1) is 14.6 Å². The van der Waals surface area contributed by atoms with Crippen molar-refractivity contribution in [2.75, 3.05) is 18.4 Å². The number of fused-ring (bicyclic) bond motifs is 1. The van der Waals surface area contributed by atoms with Crippen LogP contribution in [0, 0.1) is 19.8 Å². The van der Waals surface area contributed by atoms with Crippen LogP contribution in [-0.4, -0.2) is 36.7 Å². The number of rotatable bonds is 4. The first-order valence-electron chi connectivity index (χ1n) is 9.18. The van der Waals surface area contributed by atoms with E-state index in [2.05, 4.69) is 23.3 Å². The highest BCUT2D eigenvalue weighted by Crippen LogP contribution is 2.32. The Bertz CT molecular complexity index is 1140. The second kappa shape index (κ2) is 7.96. The first kappa shape index (κ1) is 20.7. The second-order valence-electron chi connectivity index (χ2n) is 7.15. The number of nitrogens with one attached hydrogen (secondary N) is 1. The molecule has 3 heterocycles. The van der Waals surface area contributed by atoms with Crippen LogP contribution in [0.4, 0.5) is 5.13 Å². The number of aryl methyl sites for hydroxylation is 2. The molecule has 1 aromatic carbocycles. The van der Waals surface area contributed by atoms with Gasteiger partial charge in [-0.05, 0) is 62.1 Å². The van der Waals surface area contributed by atoms with Crippen LogP contribution in [-0.2, 0) is 14.8 Å². The number of sulfonamides is 1. The molecule has 1 N–H and O–H groups in total. The van der Waals surface area contributed by atoms with Gasteiger partial charge in [0.15, 0.2) is 5.13 Å². The highest BCUT2D eigenvalue weighted by molar-refractivity contribution is 7.91. The number of benzene rings is 1. The minimum absolute atomic E-state index is 0.103. The number of amides is 1. The van der Waals surface area contributed by atoms with Crippen molar-refractivity contribution < 1.29 is 13.2 Å². The quantitative estimate of drug-likeness (QED) is 0.602. The summed E-state index contributed by atoms with van der Waals surface area (Å²) in [5.74, 6) is -0.336. The third-order valence-corrected chi connectivity index (χ3v) is 9.73. The monoisotopic (exact) mass is 469 g/mol. The molecule has 1 saturated heterocycles. The number of piperidine rings is 1. The van der Waals surface area contributed by atoms with Crippen LogP contribution in [0.3, 0.4) is 0 Å². The lowest BCUT2D eigenvalue weighted by atomic mass is 9.97. The Kier molecular flexibility index (Phi) is 5.69. The SMILES string of the molecule is Cc1cc2nc(NC(=O)C3CCN(S(=O)(=O)c4ccc(Cl)s4)CC3)sc2cc1C. The Morgan fingerprint density at radius 1 is 1.17 bits per heavy atom. The Morgan fingerprint density at radius 3 is 2.52 bits per heavy atom. The molecule has 0 spiro atoms. The second-order valence-corrected chi connectivity index (χ2v) is 12.1. The number of anilines is 1. The van der Waals surface area contributed by atoms with E-state index < -0.39 is 10.0 Å². The van der Waals surface area contributed by atoms with Gasteiger partial charge < -0.3 is 5.32 Å². The van der Waals surface area contributed by atoms with E-state index in [1.54, 1.807) is 6.07 Å². The molecule has 1 fully saturated rings. The van der Waals surface area contributed by atoms with Crippen molar-refractivity contribution in [3.63, 3.8) is 0 Å². The van der Waals surface area contributed by atoms with Gasteiger partial charge in [0.1, 0.15) is 4.21 Å². The van der Waals surface area contributed by atoms with Crippen LogP contribution >= 0.6 is 34.3 Å². The molecule has 29 heavy (non-hydrogen) atoms. The molecule has 1 aliphatic heterocycles. The Labute approximate surface area is 182 Å². The molecule has 0 saturated carbocycles. The van der Waals surface area contributed by atoms with Crippen molar-refractivity contribution in [1.29, 1.82) is 0 Å². The Hall–Kier alpha value is -1.52. The normalized spacial score (nSPS) is 16.4. The number of halogens is 1. The molecule has 1 aliphatic rings. The van der Waals surface area contributed by atoms with Gasteiger partial charge in [0, 0.05) is 19.0 Å². The molecule has 4 rings (SSSR count). The van der Waals surface area contributed by atoms with E-state index in [1.165, 1.54) is 32.8 Å². The summed E-state index contributed by atoms with van der Waals surface area (Å²) in [6.07, 6.45) is 0.959. The van der Waals surface area contributed by atoms with E-state index in [9.17, 15) is 13.2 Å². The van der Waals surface area contributed by atoms with E-state index in [0.29, 0.717) is 35.4 Å². The fourth-order valence-corrected chi connectivity index (χ4v) is 7.42. The third kappa shape index (κ3) is 4.20. The lowest BCUT2D eigenvalue weighted by Gasteiger charge is -2.29. The zero-order valence-electron chi connectivity index (χ0n) is 15.9. The summed E-state index contributed by atoms with van der Waals surface area (Å²) in [6.45, 7) is 4.72. The zero-order chi connectivity index (χ0) is 20.8. The van der Waals surface area contributed by atoms with Gasteiger partial charge in [-0.3, -0.25) is 4.79 Å². The van der Waals surface area contributed by atoms with E-state index in [1.807, 2.05) is 13.0 Å². The lowest BCUT2D eigenvalue weighted by Crippen LogP contribution is -2.41. The third-order valence-electron chi connectivity index (χ3n) is 5.20. The fraction of sp³-hybridized carbons (Fsp3) is 0.368. The molecule has 1 amide bonds. The van der Waals surface area contributed by atoms with Crippen molar-refractivity contribution in [2.24, 2.45) is 5.92 Å². The summed E-state index contributed by atoms with van der Waals surface area (Å²) in [6, 6.07) is 7.22. The average Bonchev–Trinajstić information content (AvgIpc) is 3.28. The van der Waals surface area contributed by atoms with Crippen LogP contribution < -0.4 is 5.32 Å².